The lowest BCUT2D eigenvalue weighted by atomic mass is 10.00. The van der Waals surface area contributed by atoms with Crippen LogP contribution in [-0.2, 0) is 17.8 Å². The molecule has 0 aliphatic carbocycles. The molecule has 0 N–H and O–H groups in total. The molecule has 4 rings (SSSR count). The quantitative estimate of drug-likeness (QED) is 0.682. The van der Waals surface area contributed by atoms with E-state index in [0.717, 1.165) is 32.2 Å². The maximum absolute atomic E-state index is 12.6. The first-order chi connectivity index (χ1) is 14.1. The van der Waals surface area contributed by atoms with Crippen LogP contribution < -0.4 is 0 Å². The maximum atomic E-state index is 12.6. The molecule has 0 bridgehead atoms. The molecule has 9 nitrogen and oxygen atoms in total. The highest BCUT2D eigenvalue weighted by molar-refractivity contribution is 6.21. The van der Waals surface area contributed by atoms with E-state index in [0.29, 0.717) is 23.4 Å². The number of benzene rings is 1. The van der Waals surface area contributed by atoms with E-state index in [1.54, 1.807) is 24.3 Å². The van der Waals surface area contributed by atoms with Crippen LogP contribution in [0.4, 0.5) is 0 Å². The van der Waals surface area contributed by atoms with Crippen LogP contribution >= 0.6 is 0 Å². The lowest BCUT2D eigenvalue weighted by Crippen LogP contribution is -2.45. The van der Waals surface area contributed by atoms with Crippen LogP contribution in [0, 0.1) is 0 Å². The van der Waals surface area contributed by atoms with Crippen LogP contribution in [0.5, 0.6) is 0 Å². The second-order valence-corrected chi connectivity index (χ2v) is 7.44. The summed E-state index contributed by atoms with van der Waals surface area (Å²) in [7, 11) is 0. The van der Waals surface area contributed by atoms with E-state index >= 15 is 0 Å². The molecular weight excluding hydrogens is 372 g/mol. The Balaban J connectivity index is 1.35. The third-order valence-corrected chi connectivity index (χ3v) is 5.63. The second kappa shape index (κ2) is 8.10. The van der Waals surface area contributed by atoms with Gasteiger partial charge in [-0.05, 0) is 43.0 Å². The van der Waals surface area contributed by atoms with Crippen LogP contribution in [-0.4, -0.2) is 66.9 Å². The summed E-state index contributed by atoms with van der Waals surface area (Å²) in [5.74, 6) is -0.200. The fourth-order valence-electron chi connectivity index (χ4n) is 4.06. The molecule has 0 radical (unpaired) electrons. The van der Waals surface area contributed by atoms with Crippen molar-refractivity contribution in [3.63, 3.8) is 0 Å². The van der Waals surface area contributed by atoms with Gasteiger partial charge in [0.05, 0.1) is 11.1 Å². The number of tetrazole rings is 1. The summed E-state index contributed by atoms with van der Waals surface area (Å²) in [4.78, 5) is 41.9. The summed E-state index contributed by atoms with van der Waals surface area (Å²) in [5, 5.41) is 12.2. The lowest BCUT2D eigenvalue weighted by Gasteiger charge is -2.35. The monoisotopic (exact) mass is 396 g/mol. The summed E-state index contributed by atoms with van der Waals surface area (Å²) in [6.07, 6.45) is 4.46. The molecule has 1 atom stereocenters. The third-order valence-electron chi connectivity index (χ3n) is 5.63. The number of amides is 3. The fraction of sp³-hybridized carbons (Fsp3) is 0.500. The molecule has 2 aliphatic heterocycles. The minimum atomic E-state index is -0.302. The number of hydrogen-bond donors (Lipinski definition) is 0. The van der Waals surface area contributed by atoms with Gasteiger partial charge in [-0.15, -0.1) is 10.2 Å². The largest absolute Gasteiger partial charge is 0.338 e. The van der Waals surface area contributed by atoms with Gasteiger partial charge in [-0.3, -0.25) is 19.3 Å². The molecule has 152 valence electrons. The van der Waals surface area contributed by atoms with Gasteiger partial charge in [0.25, 0.3) is 11.8 Å². The number of carbonyl (C=O) groups is 3. The van der Waals surface area contributed by atoms with Crippen molar-refractivity contribution in [1.29, 1.82) is 0 Å². The van der Waals surface area contributed by atoms with Gasteiger partial charge in [-0.25, -0.2) is 0 Å². The molecule has 2 aromatic rings. The van der Waals surface area contributed by atoms with Gasteiger partial charge < -0.3 is 4.90 Å². The van der Waals surface area contributed by atoms with E-state index in [2.05, 4.69) is 22.3 Å². The Morgan fingerprint density at radius 1 is 1.14 bits per heavy atom. The fourth-order valence-corrected chi connectivity index (χ4v) is 4.06. The standard InChI is InChI=1S/C20H24N6O3/c1-2-14-7-5-6-11-24(14)18(27)13-26-22-17(21-23-26)10-12-25-19(28)15-8-3-4-9-16(15)20(25)29/h3-4,8-9,14H,2,5-7,10-13H2,1H3/t14-/m1/s1. The average Bonchev–Trinajstić information content (AvgIpc) is 3.29. The molecule has 3 amide bonds. The van der Waals surface area contributed by atoms with Crippen molar-refractivity contribution in [2.45, 2.75) is 51.6 Å². The summed E-state index contributed by atoms with van der Waals surface area (Å²) in [6, 6.07) is 7.07. The zero-order chi connectivity index (χ0) is 20.4. The van der Waals surface area contributed by atoms with Crippen LogP contribution in [0.3, 0.4) is 0 Å². The second-order valence-electron chi connectivity index (χ2n) is 7.44. The molecule has 0 unspecified atom stereocenters. The highest BCUT2D eigenvalue weighted by Gasteiger charge is 2.35. The molecule has 9 heteroatoms. The SMILES string of the molecule is CC[C@@H]1CCCCN1C(=O)Cn1nnc(CCN2C(=O)c3ccccc3C2=O)n1. The zero-order valence-electron chi connectivity index (χ0n) is 16.5. The predicted octanol–water partition coefficient (Wildman–Crippen LogP) is 1.30. The van der Waals surface area contributed by atoms with E-state index in [1.807, 2.05) is 4.90 Å². The van der Waals surface area contributed by atoms with Crippen molar-refractivity contribution in [2.24, 2.45) is 0 Å². The molecule has 3 heterocycles. The Kier molecular flexibility index (Phi) is 5.37. The minimum absolute atomic E-state index is 0.000785. The Labute approximate surface area is 168 Å². The number of rotatable bonds is 6. The Hall–Kier alpha value is -3.10. The summed E-state index contributed by atoms with van der Waals surface area (Å²) in [6.45, 7) is 3.10. The van der Waals surface area contributed by atoms with Gasteiger partial charge in [0, 0.05) is 25.6 Å². The number of hydrogen-bond acceptors (Lipinski definition) is 6. The van der Waals surface area contributed by atoms with Crippen LogP contribution in [0.2, 0.25) is 0 Å². The number of fused-ring (bicyclic) bond motifs is 1. The van der Waals surface area contributed by atoms with Crippen molar-refractivity contribution in [3.05, 3.63) is 41.2 Å². The zero-order valence-corrected chi connectivity index (χ0v) is 16.5. The minimum Gasteiger partial charge on any atom is -0.338 e. The number of aromatic nitrogens is 4. The average molecular weight is 396 g/mol. The maximum Gasteiger partial charge on any atom is 0.261 e. The first-order valence-corrected chi connectivity index (χ1v) is 10.1. The van der Waals surface area contributed by atoms with Crippen molar-refractivity contribution >= 4 is 17.7 Å². The van der Waals surface area contributed by atoms with Gasteiger partial charge in [0.1, 0.15) is 6.54 Å². The number of piperidine rings is 1. The number of carbonyl (C=O) groups excluding carboxylic acids is 3. The molecule has 0 saturated carbocycles. The summed E-state index contributed by atoms with van der Waals surface area (Å²) < 4.78 is 0. The van der Waals surface area contributed by atoms with Crippen molar-refractivity contribution in [3.8, 4) is 0 Å². The van der Waals surface area contributed by atoms with Gasteiger partial charge >= 0.3 is 0 Å². The Bertz CT molecular complexity index is 905. The van der Waals surface area contributed by atoms with Crippen molar-refractivity contribution < 1.29 is 14.4 Å². The molecule has 1 aromatic heterocycles. The van der Waals surface area contributed by atoms with E-state index in [-0.39, 0.29) is 36.9 Å². The first-order valence-electron chi connectivity index (χ1n) is 10.1. The van der Waals surface area contributed by atoms with Crippen LogP contribution in [0.1, 0.15) is 59.1 Å². The summed E-state index contributed by atoms with van der Waals surface area (Å²) >= 11 is 0. The van der Waals surface area contributed by atoms with E-state index < -0.39 is 0 Å². The molecule has 0 spiro atoms. The topological polar surface area (TPSA) is 101 Å². The highest BCUT2D eigenvalue weighted by atomic mass is 16.2. The van der Waals surface area contributed by atoms with Crippen molar-refractivity contribution in [1.82, 2.24) is 30.0 Å². The lowest BCUT2D eigenvalue weighted by molar-refractivity contribution is -0.136. The van der Waals surface area contributed by atoms with Crippen LogP contribution in [0.15, 0.2) is 24.3 Å². The number of imide groups is 1. The molecule has 29 heavy (non-hydrogen) atoms. The highest BCUT2D eigenvalue weighted by Crippen LogP contribution is 2.22. The number of likely N-dealkylation sites (tertiary alicyclic amines) is 1. The molecule has 1 saturated heterocycles. The molecule has 1 aromatic carbocycles. The van der Waals surface area contributed by atoms with Gasteiger partial charge in [0.2, 0.25) is 5.91 Å². The Morgan fingerprint density at radius 2 is 1.86 bits per heavy atom. The van der Waals surface area contributed by atoms with Gasteiger partial charge in [0.15, 0.2) is 5.82 Å². The molecular formula is C20H24N6O3. The van der Waals surface area contributed by atoms with Crippen molar-refractivity contribution in [2.75, 3.05) is 13.1 Å². The third kappa shape index (κ3) is 3.76. The molecule has 2 aliphatic rings. The normalized spacial score (nSPS) is 19.0. The van der Waals surface area contributed by atoms with E-state index in [9.17, 15) is 14.4 Å². The summed E-state index contributed by atoms with van der Waals surface area (Å²) in [5.41, 5.74) is 0.846. The smallest absolute Gasteiger partial charge is 0.261 e. The Morgan fingerprint density at radius 3 is 2.55 bits per heavy atom. The number of nitrogens with zero attached hydrogens (tertiary/aromatic N) is 6. The van der Waals surface area contributed by atoms with E-state index in [1.165, 1.54) is 9.70 Å². The predicted molar refractivity (Wildman–Crippen MR) is 103 cm³/mol. The van der Waals surface area contributed by atoms with Crippen LogP contribution in [0.25, 0.3) is 0 Å². The van der Waals surface area contributed by atoms with Gasteiger partial charge in [-0.2, -0.15) is 4.80 Å². The van der Waals surface area contributed by atoms with Gasteiger partial charge in [-0.1, -0.05) is 19.1 Å². The first kappa shape index (κ1) is 19.2. The van der Waals surface area contributed by atoms with E-state index in [4.69, 9.17) is 0 Å². The molecule has 1 fully saturated rings.